The van der Waals surface area contributed by atoms with Gasteiger partial charge in [-0.2, -0.15) is 0 Å². The Labute approximate surface area is 115 Å². The molecule has 6 heteroatoms. The highest BCUT2D eigenvalue weighted by atomic mass is 79.9. The van der Waals surface area contributed by atoms with E-state index in [0.717, 1.165) is 29.2 Å². The molecule has 0 saturated carbocycles. The number of amides is 1. The zero-order valence-electron chi connectivity index (χ0n) is 10.6. The number of hydrogen-bond donors (Lipinski definition) is 1. The molecular weight excluding hydrogens is 296 g/mol. The predicted octanol–water partition coefficient (Wildman–Crippen LogP) is 1.67. The molecule has 2 N–H and O–H groups in total. The van der Waals surface area contributed by atoms with Crippen LogP contribution in [0.2, 0.25) is 0 Å². The van der Waals surface area contributed by atoms with E-state index < -0.39 is 0 Å². The smallest absolute Gasteiger partial charge is 0.222 e. The summed E-state index contributed by atoms with van der Waals surface area (Å²) in [5.41, 5.74) is 5.34. The Morgan fingerprint density at radius 1 is 1.56 bits per heavy atom. The molecule has 1 aromatic rings. The molecule has 2 heterocycles. The number of nitrogens with two attached hydrogens (primary N) is 1. The summed E-state index contributed by atoms with van der Waals surface area (Å²) in [7, 11) is 0. The summed E-state index contributed by atoms with van der Waals surface area (Å²) in [5, 5.41) is 0. The molecule has 5 nitrogen and oxygen atoms in total. The maximum atomic E-state index is 11.2. The van der Waals surface area contributed by atoms with Gasteiger partial charge < -0.3 is 10.6 Å². The third-order valence-corrected chi connectivity index (χ3v) is 3.54. The van der Waals surface area contributed by atoms with E-state index in [1.807, 2.05) is 6.07 Å². The van der Waals surface area contributed by atoms with Crippen LogP contribution in [0.15, 0.2) is 10.7 Å². The van der Waals surface area contributed by atoms with E-state index in [1.54, 1.807) is 0 Å². The van der Waals surface area contributed by atoms with Gasteiger partial charge in [0.05, 0.1) is 5.92 Å². The summed E-state index contributed by atoms with van der Waals surface area (Å²) in [4.78, 5) is 22.2. The lowest BCUT2D eigenvalue weighted by Crippen LogP contribution is -2.28. The molecule has 0 aromatic carbocycles. The predicted molar refractivity (Wildman–Crippen MR) is 73.3 cm³/mol. The van der Waals surface area contributed by atoms with Crippen LogP contribution in [0.1, 0.15) is 32.0 Å². The lowest BCUT2D eigenvalue weighted by atomic mass is 10.1. The molecule has 0 aliphatic carbocycles. The summed E-state index contributed by atoms with van der Waals surface area (Å²) in [5.74, 6) is 1.65. The highest BCUT2D eigenvalue weighted by Crippen LogP contribution is 2.25. The minimum Gasteiger partial charge on any atom is -0.369 e. The summed E-state index contributed by atoms with van der Waals surface area (Å²) in [6.07, 6.45) is 0.800. The highest BCUT2D eigenvalue weighted by molar-refractivity contribution is 9.10. The second kappa shape index (κ2) is 5.22. The molecule has 1 aromatic heterocycles. The van der Waals surface area contributed by atoms with Crippen molar-refractivity contribution >= 4 is 27.7 Å². The number of anilines is 1. The Kier molecular flexibility index (Phi) is 3.85. The zero-order chi connectivity index (χ0) is 13.3. The van der Waals surface area contributed by atoms with E-state index in [4.69, 9.17) is 5.73 Å². The first-order valence-electron chi connectivity index (χ1n) is 6.06. The van der Waals surface area contributed by atoms with Crippen molar-refractivity contribution in [3.8, 4) is 0 Å². The van der Waals surface area contributed by atoms with Gasteiger partial charge in [-0.3, -0.25) is 4.79 Å². The fourth-order valence-corrected chi connectivity index (χ4v) is 2.43. The minimum absolute atomic E-state index is 0.0683. The normalized spacial score (nSPS) is 19.6. The minimum atomic E-state index is -0.227. The standard InChI is InChI=1S/C12H17BrN4O/c1-7(2)12-15-9(13)5-10(16-12)17-4-3-8(6-17)11(14)18/h5,7-8H,3-4,6H2,1-2H3,(H2,14,18). The van der Waals surface area contributed by atoms with Gasteiger partial charge in [-0.1, -0.05) is 13.8 Å². The van der Waals surface area contributed by atoms with Crippen LogP contribution in [0, 0.1) is 5.92 Å². The summed E-state index contributed by atoms with van der Waals surface area (Å²) in [6.45, 7) is 5.58. The van der Waals surface area contributed by atoms with Crippen LogP contribution >= 0.6 is 15.9 Å². The number of hydrogen-bond acceptors (Lipinski definition) is 4. The van der Waals surface area contributed by atoms with Gasteiger partial charge in [0.25, 0.3) is 0 Å². The van der Waals surface area contributed by atoms with Crippen LogP contribution < -0.4 is 10.6 Å². The van der Waals surface area contributed by atoms with E-state index in [1.165, 1.54) is 0 Å². The van der Waals surface area contributed by atoms with Gasteiger partial charge >= 0.3 is 0 Å². The number of aromatic nitrogens is 2. The van der Waals surface area contributed by atoms with Crippen LogP contribution in [0.3, 0.4) is 0 Å². The van der Waals surface area contributed by atoms with Crippen LogP contribution in [0.5, 0.6) is 0 Å². The van der Waals surface area contributed by atoms with Crippen molar-refractivity contribution in [1.82, 2.24) is 9.97 Å². The molecule has 0 spiro atoms. The molecule has 18 heavy (non-hydrogen) atoms. The average molecular weight is 313 g/mol. The maximum absolute atomic E-state index is 11.2. The molecule has 1 amide bonds. The van der Waals surface area contributed by atoms with Gasteiger partial charge in [0, 0.05) is 25.1 Å². The van der Waals surface area contributed by atoms with Crippen molar-refractivity contribution in [2.75, 3.05) is 18.0 Å². The van der Waals surface area contributed by atoms with Gasteiger partial charge in [-0.25, -0.2) is 9.97 Å². The first-order valence-corrected chi connectivity index (χ1v) is 6.85. The molecule has 1 atom stereocenters. The molecule has 1 aliphatic heterocycles. The van der Waals surface area contributed by atoms with Crippen molar-refractivity contribution in [2.24, 2.45) is 11.7 Å². The molecular formula is C12H17BrN4O. The molecule has 0 radical (unpaired) electrons. The van der Waals surface area contributed by atoms with Gasteiger partial charge in [0.1, 0.15) is 16.2 Å². The first-order chi connectivity index (χ1) is 8.47. The van der Waals surface area contributed by atoms with E-state index in [2.05, 4.69) is 44.6 Å². The van der Waals surface area contributed by atoms with Crippen LogP contribution in [0.25, 0.3) is 0 Å². The fourth-order valence-electron chi connectivity index (χ4n) is 2.04. The van der Waals surface area contributed by atoms with E-state index >= 15 is 0 Å². The Morgan fingerprint density at radius 3 is 2.83 bits per heavy atom. The molecule has 98 valence electrons. The lowest BCUT2D eigenvalue weighted by molar-refractivity contribution is -0.121. The van der Waals surface area contributed by atoms with Gasteiger partial charge in [-0.15, -0.1) is 0 Å². The zero-order valence-corrected chi connectivity index (χ0v) is 12.1. The Bertz CT molecular complexity index is 463. The average Bonchev–Trinajstić information content (AvgIpc) is 2.77. The van der Waals surface area contributed by atoms with Crippen molar-refractivity contribution in [1.29, 1.82) is 0 Å². The third kappa shape index (κ3) is 2.80. The second-order valence-electron chi connectivity index (χ2n) is 4.90. The lowest BCUT2D eigenvalue weighted by Gasteiger charge is -2.18. The number of halogens is 1. The number of primary amides is 1. The maximum Gasteiger partial charge on any atom is 0.222 e. The largest absolute Gasteiger partial charge is 0.369 e. The monoisotopic (exact) mass is 312 g/mol. The molecule has 1 saturated heterocycles. The first kappa shape index (κ1) is 13.3. The van der Waals surface area contributed by atoms with E-state index in [0.29, 0.717) is 6.54 Å². The molecule has 0 bridgehead atoms. The Balaban J connectivity index is 2.21. The van der Waals surface area contributed by atoms with E-state index in [-0.39, 0.29) is 17.7 Å². The van der Waals surface area contributed by atoms with Gasteiger partial charge in [-0.05, 0) is 22.4 Å². The quantitative estimate of drug-likeness (QED) is 0.862. The summed E-state index contributed by atoms with van der Waals surface area (Å²) in [6, 6.07) is 1.88. The second-order valence-corrected chi connectivity index (χ2v) is 5.71. The van der Waals surface area contributed by atoms with Crippen LogP contribution in [-0.4, -0.2) is 29.0 Å². The van der Waals surface area contributed by atoms with Crippen molar-refractivity contribution in [2.45, 2.75) is 26.2 Å². The van der Waals surface area contributed by atoms with Crippen LogP contribution in [-0.2, 0) is 4.79 Å². The van der Waals surface area contributed by atoms with Crippen LogP contribution in [0.4, 0.5) is 5.82 Å². The SMILES string of the molecule is CC(C)c1nc(Br)cc(N2CCC(C(N)=O)C2)n1. The molecule has 1 fully saturated rings. The molecule has 2 rings (SSSR count). The summed E-state index contributed by atoms with van der Waals surface area (Å²) >= 11 is 3.40. The number of rotatable bonds is 3. The topological polar surface area (TPSA) is 72.1 Å². The number of nitrogens with zero attached hydrogens (tertiary/aromatic N) is 3. The number of carbonyl (C=O) groups is 1. The Morgan fingerprint density at radius 2 is 2.28 bits per heavy atom. The van der Waals surface area contributed by atoms with Gasteiger partial charge in [0.2, 0.25) is 5.91 Å². The van der Waals surface area contributed by atoms with Crippen molar-refractivity contribution in [3.05, 3.63) is 16.5 Å². The van der Waals surface area contributed by atoms with Crippen molar-refractivity contribution in [3.63, 3.8) is 0 Å². The highest BCUT2D eigenvalue weighted by Gasteiger charge is 2.27. The Hall–Kier alpha value is -1.17. The third-order valence-electron chi connectivity index (χ3n) is 3.13. The number of carbonyl (C=O) groups excluding carboxylic acids is 1. The van der Waals surface area contributed by atoms with Crippen molar-refractivity contribution < 1.29 is 4.79 Å². The molecule has 1 aliphatic rings. The van der Waals surface area contributed by atoms with E-state index in [9.17, 15) is 4.79 Å². The summed E-state index contributed by atoms with van der Waals surface area (Å²) < 4.78 is 0.777. The molecule has 1 unspecified atom stereocenters. The van der Waals surface area contributed by atoms with Gasteiger partial charge in [0.15, 0.2) is 0 Å². The fraction of sp³-hybridized carbons (Fsp3) is 0.583.